The summed E-state index contributed by atoms with van der Waals surface area (Å²) in [6.45, 7) is 0. The molecule has 0 fully saturated rings. The summed E-state index contributed by atoms with van der Waals surface area (Å²) in [6, 6.07) is 102. The molecule has 13 rings (SSSR count). The van der Waals surface area contributed by atoms with Crippen LogP contribution in [0, 0.1) is 0 Å². The lowest BCUT2D eigenvalue weighted by Crippen LogP contribution is -1.93. The van der Waals surface area contributed by atoms with Crippen molar-refractivity contribution in [2.24, 2.45) is 0 Å². The Bertz CT molecular complexity index is 3970. The van der Waals surface area contributed by atoms with Crippen molar-refractivity contribution in [1.82, 2.24) is 0 Å². The summed E-state index contributed by atoms with van der Waals surface area (Å²) in [6.07, 6.45) is 0. The maximum absolute atomic E-state index is 2.40. The molecule has 13 aromatic carbocycles. The van der Waals surface area contributed by atoms with E-state index in [4.69, 9.17) is 0 Å². The molecule has 0 aliphatic heterocycles. The first-order valence-corrected chi connectivity index (χ1v) is 24.2. The zero-order valence-corrected chi connectivity index (χ0v) is 38.6. The maximum atomic E-state index is 2.40. The summed E-state index contributed by atoms with van der Waals surface area (Å²) in [5, 5.41) is 9.95. The normalized spacial score (nSPS) is 11.4. The van der Waals surface area contributed by atoms with Gasteiger partial charge in [0.15, 0.2) is 0 Å². The Kier molecular flexibility index (Phi) is 10.3. The monoisotopic (exact) mass is 886 g/mol. The lowest BCUT2D eigenvalue weighted by molar-refractivity contribution is 1.58. The van der Waals surface area contributed by atoms with Crippen LogP contribution < -0.4 is 0 Å². The zero-order valence-electron chi connectivity index (χ0n) is 38.6. The van der Waals surface area contributed by atoms with Gasteiger partial charge in [0.1, 0.15) is 0 Å². The van der Waals surface area contributed by atoms with E-state index in [9.17, 15) is 0 Å². The van der Waals surface area contributed by atoms with Crippen molar-refractivity contribution < 1.29 is 0 Å². The Morgan fingerprint density at radius 2 is 0.371 bits per heavy atom. The Hall–Kier alpha value is -9.10. The predicted molar refractivity (Wildman–Crippen MR) is 300 cm³/mol. The molecule has 13 aromatic rings. The summed E-state index contributed by atoms with van der Waals surface area (Å²) in [5.74, 6) is 0. The van der Waals surface area contributed by atoms with Gasteiger partial charge >= 0.3 is 0 Å². The fourth-order valence-electron chi connectivity index (χ4n) is 11.1. The average molecular weight is 887 g/mol. The van der Waals surface area contributed by atoms with Crippen molar-refractivity contribution in [1.29, 1.82) is 0 Å². The van der Waals surface area contributed by atoms with E-state index in [1.54, 1.807) is 0 Å². The van der Waals surface area contributed by atoms with Crippen molar-refractivity contribution in [3.63, 3.8) is 0 Å². The van der Waals surface area contributed by atoms with Crippen molar-refractivity contribution in [3.05, 3.63) is 279 Å². The Labute approximate surface area is 409 Å². The van der Waals surface area contributed by atoms with Crippen LogP contribution in [0.4, 0.5) is 0 Å². The molecule has 0 heterocycles. The highest BCUT2D eigenvalue weighted by Gasteiger charge is 2.21. The molecule has 0 spiro atoms. The average Bonchev–Trinajstić information content (AvgIpc) is 3.44. The van der Waals surface area contributed by atoms with Gasteiger partial charge < -0.3 is 0 Å². The number of rotatable bonds is 8. The second-order valence-electron chi connectivity index (χ2n) is 18.3. The maximum Gasteiger partial charge on any atom is -0.00201 e. The molecule has 0 bridgehead atoms. The fourth-order valence-corrected chi connectivity index (χ4v) is 11.1. The predicted octanol–water partition coefficient (Wildman–Crippen LogP) is 19.6. The summed E-state index contributed by atoms with van der Waals surface area (Å²) >= 11 is 0. The summed E-state index contributed by atoms with van der Waals surface area (Å²) in [5.41, 5.74) is 19.6. The first kappa shape index (κ1) is 41.1. The molecule has 0 aliphatic carbocycles. The van der Waals surface area contributed by atoms with Crippen molar-refractivity contribution in [2.45, 2.75) is 0 Å². The topological polar surface area (TPSA) is 0 Å². The van der Waals surface area contributed by atoms with Gasteiger partial charge in [-0.3, -0.25) is 0 Å². The van der Waals surface area contributed by atoms with E-state index in [-0.39, 0.29) is 0 Å². The smallest absolute Gasteiger partial charge is 0.00201 e. The van der Waals surface area contributed by atoms with Crippen LogP contribution in [-0.4, -0.2) is 0 Å². The van der Waals surface area contributed by atoms with Crippen molar-refractivity contribution in [3.8, 4) is 89.0 Å². The molecule has 0 aromatic heterocycles. The summed E-state index contributed by atoms with van der Waals surface area (Å²) < 4.78 is 0. The van der Waals surface area contributed by atoms with E-state index in [0.29, 0.717) is 0 Å². The van der Waals surface area contributed by atoms with Crippen LogP contribution in [-0.2, 0) is 0 Å². The minimum Gasteiger partial charge on any atom is -0.0622 e. The number of hydrogen-bond donors (Lipinski definition) is 0. The molecule has 0 saturated heterocycles. The third kappa shape index (κ3) is 7.17. The van der Waals surface area contributed by atoms with Crippen molar-refractivity contribution >= 4 is 43.1 Å². The highest BCUT2D eigenvalue weighted by molar-refractivity contribution is 6.23. The van der Waals surface area contributed by atoms with E-state index in [2.05, 4.69) is 279 Å². The Morgan fingerprint density at radius 1 is 0.129 bits per heavy atom. The van der Waals surface area contributed by atoms with Crippen molar-refractivity contribution in [2.75, 3.05) is 0 Å². The molecule has 0 aliphatic rings. The molecule has 326 valence electrons. The van der Waals surface area contributed by atoms with E-state index >= 15 is 0 Å². The standard InChI is InChI=1S/C70H46/c1-3-20-47(21-4-1)49-40-42-50(43-41-49)57-30-7-8-31-58(57)70-65-38-15-13-36-63(65)69(64-37-14-16-39-66(64)70)56-29-19-26-53(46-56)52-25-18-28-55(45-52)68-61-34-11-9-32-59(61)67(60-33-10-12-35-62(60)68)54-27-17-24-51(44-54)48-22-5-2-6-23-48/h1-46H. The SMILES string of the molecule is c1ccc(-c2ccc(-c3ccccc3-c3c4ccccc4c(-c4cccc(-c5cccc(-c6c7ccccc7c(-c7cccc(-c8ccccc8)c7)c7ccccc67)c5)c4)c4ccccc34)cc2)cc1. The second kappa shape index (κ2) is 17.5. The molecular formula is C70H46. The van der Waals surface area contributed by atoms with Gasteiger partial charge in [-0.2, -0.15) is 0 Å². The van der Waals surface area contributed by atoms with Crippen LogP contribution in [0.25, 0.3) is 132 Å². The lowest BCUT2D eigenvalue weighted by atomic mass is 9.83. The van der Waals surface area contributed by atoms with Crippen LogP contribution in [0.15, 0.2) is 279 Å². The van der Waals surface area contributed by atoms with Crippen LogP contribution >= 0.6 is 0 Å². The van der Waals surface area contributed by atoms with Gasteiger partial charge in [0, 0.05) is 0 Å². The lowest BCUT2D eigenvalue weighted by Gasteiger charge is -2.20. The van der Waals surface area contributed by atoms with Gasteiger partial charge in [-0.25, -0.2) is 0 Å². The largest absolute Gasteiger partial charge is 0.0622 e. The second-order valence-corrected chi connectivity index (χ2v) is 18.3. The fraction of sp³-hybridized carbons (Fsp3) is 0. The minimum atomic E-state index is 1.18. The van der Waals surface area contributed by atoms with E-state index in [1.165, 1.54) is 132 Å². The highest BCUT2D eigenvalue weighted by Crippen LogP contribution is 2.48. The Morgan fingerprint density at radius 3 is 0.757 bits per heavy atom. The highest BCUT2D eigenvalue weighted by atomic mass is 14.2. The zero-order chi connectivity index (χ0) is 46.4. The molecule has 0 radical (unpaired) electrons. The van der Waals surface area contributed by atoms with Crippen LogP contribution in [0.3, 0.4) is 0 Å². The summed E-state index contributed by atoms with van der Waals surface area (Å²) in [7, 11) is 0. The number of benzene rings is 13. The van der Waals surface area contributed by atoms with Crippen LogP contribution in [0.1, 0.15) is 0 Å². The molecule has 0 nitrogen and oxygen atoms in total. The van der Waals surface area contributed by atoms with Gasteiger partial charge in [0.25, 0.3) is 0 Å². The summed E-state index contributed by atoms with van der Waals surface area (Å²) in [4.78, 5) is 0. The van der Waals surface area contributed by atoms with E-state index in [1.807, 2.05) is 0 Å². The third-order valence-corrected chi connectivity index (χ3v) is 14.3. The molecule has 0 N–H and O–H groups in total. The van der Waals surface area contributed by atoms with Gasteiger partial charge in [0.05, 0.1) is 0 Å². The third-order valence-electron chi connectivity index (χ3n) is 14.3. The molecule has 70 heavy (non-hydrogen) atoms. The number of fused-ring (bicyclic) bond motifs is 4. The molecule has 0 unspecified atom stereocenters. The van der Waals surface area contributed by atoms with Gasteiger partial charge in [-0.05, 0) is 150 Å². The van der Waals surface area contributed by atoms with Gasteiger partial charge in [0.2, 0.25) is 0 Å². The quantitative estimate of drug-likeness (QED) is 0.133. The van der Waals surface area contributed by atoms with E-state index in [0.717, 1.165) is 0 Å². The minimum absolute atomic E-state index is 1.18. The first-order valence-electron chi connectivity index (χ1n) is 24.2. The molecule has 0 saturated carbocycles. The van der Waals surface area contributed by atoms with Crippen LogP contribution in [0.5, 0.6) is 0 Å². The van der Waals surface area contributed by atoms with Gasteiger partial charge in [-0.15, -0.1) is 0 Å². The van der Waals surface area contributed by atoms with Crippen LogP contribution in [0.2, 0.25) is 0 Å². The molecule has 0 heteroatoms. The van der Waals surface area contributed by atoms with E-state index < -0.39 is 0 Å². The molecule has 0 atom stereocenters. The molecule has 0 amide bonds. The Balaban J connectivity index is 0.936. The molecular weight excluding hydrogens is 841 g/mol. The first-order chi connectivity index (χ1) is 34.7. The number of hydrogen-bond acceptors (Lipinski definition) is 0. The van der Waals surface area contributed by atoms with Gasteiger partial charge in [-0.1, -0.05) is 261 Å².